The maximum Gasteiger partial charge on any atom is 0.255 e. The fourth-order valence-electron chi connectivity index (χ4n) is 2.94. The number of hydrogen-bond acceptors (Lipinski definition) is 4. The number of hydrogen-bond donors (Lipinski definition) is 1. The Hall–Kier alpha value is -2.54. The van der Waals surface area contributed by atoms with E-state index in [0.29, 0.717) is 22.7 Å². The summed E-state index contributed by atoms with van der Waals surface area (Å²) in [7, 11) is -3.37. The van der Waals surface area contributed by atoms with Crippen LogP contribution in [-0.2, 0) is 15.4 Å². The molecule has 1 N–H and O–H groups in total. The van der Waals surface area contributed by atoms with Crippen LogP contribution in [0.1, 0.15) is 36.7 Å². The number of amides is 1. The van der Waals surface area contributed by atoms with Gasteiger partial charge in [-0.3, -0.25) is 9.10 Å². The van der Waals surface area contributed by atoms with Crippen LogP contribution in [0.2, 0.25) is 0 Å². The summed E-state index contributed by atoms with van der Waals surface area (Å²) in [5.41, 5.74) is 2.77. The zero-order chi connectivity index (χ0) is 19.8. The number of benzene rings is 2. The van der Waals surface area contributed by atoms with Crippen LogP contribution in [0, 0.1) is 0 Å². The molecule has 0 fully saturated rings. The van der Waals surface area contributed by atoms with Crippen LogP contribution in [0.25, 0.3) is 0 Å². The molecule has 0 radical (unpaired) electrons. The Morgan fingerprint density at radius 3 is 2.37 bits per heavy atom. The average molecular weight is 388 g/mol. The van der Waals surface area contributed by atoms with Gasteiger partial charge in [-0.05, 0) is 35.2 Å². The first-order valence-corrected chi connectivity index (χ1v) is 10.6. The van der Waals surface area contributed by atoms with Crippen molar-refractivity contribution in [3.63, 3.8) is 0 Å². The molecule has 7 heteroatoms. The standard InChI is InChI=1S/C20H24N2O4S/c1-20(2,3)15-7-5-14(6-8-15)19(23)21-16-9-10-17-18(13-16)26-12-11-22(17)27(4,24)25/h5-10,13H,11-12H2,1-4H3,(H,21,23). The van der Waals surface area contributed by atoms with Crippen molar-refractivity contribution >= 4 is 27.3 Å². The smallest absolute Gasteiger partial charge is 0.255 e. The molecule has 0 aromatic heterocycles. The molecule has 0 atom stereocenters. The first kappa shape index (κ1) is 19.2. The second-order valence-corrected chi connectivity index (χ2v) is 9.55. The van der Waals surface area contributed by atoms with E-state index in [1.54, 1.807) is 30.3 Å². The van der Waals surface area contributed by atoms with Crippen LogP contribution >= 0.6 is 0 Å². The summed E-state index contributed by atoms with van der Waals surface area (Å²) in [6.45, 7) is 6.91. The van der Waals surface area contributed by atoms with Gasteiger partial charge in [0.25, 0.3) is 5.91 Å². The summed E-state index contributed by atoms with van der Waals surface area (Å²) in [4.78, 5) is 12.5. The van der Waals surface area contributed by atoms with Crippen LogP contribution < -0.4 is 14.4 Å². The molecule has 0 aliphatic carbocycles. The number of nitrogens with zero attached hydrogens (tertiary/aromatic N) is 1. The third-order valence-electron chi connectivity index (χ3n) is 4.45. The molecular formula is C20H24N2O4S. The number of fused-ring (bicyclic) bond motifs is 1. The predicted octanol–water partition coefficient (Wildman–Crippen LogP) is 3.39. The zero-order valence-electron chi connectivity index (χ0n) is 15.9. The van der Waals surface area contributed by atoms with Crippen LogP contribution in [0.4, 0.5) is 11.4 Å². The van der Waals surface area contributed by atoms with Crippen LogP contribution in [0.3, 0.4) is 0 Å². The summed E-state index contributed by atoms with van der Waals surface area (Å²) in [6, 6.07) is 12.5. The van der Waals surface area contributed by atoms with Gasteiger partial charge in [-0.1, -0.05) is 32.9 Å². The van der Waals surface area contributed by atoms with E-state index < -0.39 is 10.0 Å². The third-order valence-corrected chi connectivity index (χ3v) is 5.63. The number of nitrogens with one attached hydrogen (secondary N) is 1. The van der Waals surface area contributed by atoms with Crippen LogP contribution in [0.5, 0.6) is 5.75 Å². The largest absolute Gasteiger partial charge is 0.489 e. The van der Waals surface area contributed by atoms with Crippen molar-refractivity contribution in [3.8, 4) is 5.75 Å². The van der Waals surface area contributed by atoms with E-state index >= 15 is 0 Å². The van der Waals surface area contributed by atoms with Gasteiger partial charge in [0.1, 0.15) is 12.4 Å². The number of ether oxygens (including phenoxy) is 1. The fraction of sp³-hybridized carbons (Fsp3) is 0.350. The average Bonchev–Trinajstić information content (AvgIpc) is 2.59. The van der Waals surface area contributed by atoms with Gasteiger partial charge >= 0.3 is 0 Å². The van der Waals surface area contributed by atoms with Crippen molar-refractivity contribution in [2.45, 2.75) is 26.2 Å². The molecule has 1 amide bonds. The quantitative estimate of drug-likeness (QED) is 0.874. The molecule has 1 aliphatic heterocycles. The Bertz CT molecular complexity index is 960. The van der Waals surface area contributed by atoms with E-state index in [4.69, 9.17) is 4.74 Å². The van der Waals surface area contributed by atoms with Crippen LogP contribution in [-0.4, -0.2) is 33.7 Å². The molecule has 0 bridgehead atoms. The number of anilines is 2. The predicted molar refractivity (Wildman–Crippen MR) is 107 cm³/mol. The van der Waals surface area contributed by atoms with E-state index in [9.17, 15) is 13.2 Å². The lowest BCUT2D eigenvalue weighted by Gasteiger charge is -2.29. The molecule has 3 rings (SSSR count). The second-order valence-electron chi connectivity index (χ2n) is 7.65. The van der Waals surface area contributed by atoms with Crippen molar-refractivity contribution in [2.24, 2.45) is 0 Å². The lowest BCUT2D eigenvalue weighted by atomic mass is 9.87. The molecule has 0 spiro atoms. The van der Waals surface area contributed by atoms with Gasteiger partial charge in [0.15, 0.2) is 0 Å². The van der Waals surface area contributed by atoms with Crippen LogP contribution in [0.15, 0.2) is 42.5 Å². The Labute approximate surface area is 160 Å². The van der Waals surface area contributed by atoms with Gasteiger partial charge in [-0.25, -0.2) is 8.42 Å². The zero-order valence-corrected chi connectivity index (χ0v) is 16.8. The Morgan fingerprint density at radius 2 is 1.78 bits per heavy atom. The maximum atomic E-state index is 12.5. The minimum Gasteiger partial charge on any atom is -0.489 e. The first-order chi connectivity index (χ1) is 12.6. The molecule has 144 valence electrons. The van der Waals surface area contributed by atoms with Crippen molar-refractivity contribution in [1.82, 2.24) is 0 Å². The van der Waals surface area contributed by atoms with Gasteiger partial charge in [-0.15, -0.1) is 0 Å². The molecule has 0 saturated heterocycles. The highest BCUT2D eigenvalue weighted by atomic mass is 32.2. The molecule has 2 aromatic rings. The maximum absolute atomic E-state index is 12.5. The summed E-state index contributed by atoms with van der Waals surface area (Å²) < 4.78 is 30.7. The van der Waals surface area contributed by atoms with Crippen molar-refractivity contribution in [1.29, 1.82) is 0 Å². The Morgan fingerprint density at radius 1 is 1.11 bits per heavy atom. The van der Waals surface area contributed by atoms with Gasteiger partial charge in [0, 0.05) is 17.3 Å². The number of sulfonamides is 1. The number of rotatable bonds is 3. The Kier molecular flexibility index (Phi) is 4.90. The third kappa shape index (κ3) is 4.24. The minimum atomic E-state index is -3.37. The normalized spacial score (nSPS) is 14.3. The highest BCUT2D eigenvalue weighted by Crippen LogP contribution is 2.35. The molecule has 1 heterocycles. The minimum absolute atomic E-state index is 0.0241. The molecule has 0 unspecified atom stereocenters. The first-order valence-electron chi connectivity index (χ1n) is 8.72. The van der Waals surface area contributed by atoms with E-state index in [-0.39, 0.29) is 24.5 Å². The molecule has 0 saturated carbocycles. The number of carbonyl (C=O) groups is 1. The van der Waals surface area contributed by atoms with Gasteiger partial charge in [0.05, 0.1) is 18.5 Å². The fourth-order valence-corrected chi connectivity index (χ4v) is 3.86. The summed E-state index contributed by atoms with van der Waals surface area (Å²) in [5, 5.41) is 2.83. The second kappa shape index (κ2) is 6.88. The van der Waals surface area contributed by atoms with Gasteiger partial charge in [-0.2, -0.15) is 0 Å². The van der Waals surface area contributed by atoms with Gasteiger partial charge in [0.2, 0.25) is 10.0 Å². The summed E-state index contributed by atoms with van der Waals surface area (Å²) in [5.74, 6) is 0.207. The lowest BCUT2D eigenvalue weighted by Crippen LogP contribution is -2.37. The van der Waals surface area contributed by atoms with E-state index in [1.807, 2.05) is 12.1 Å². The highest BCUT2D eigenvalue weighted by Gasteiger charge is 2.25. The van der Waals surface area contributed by atoms with Crippen molar-refractivity contribution in [2.75, 3.05) is 29.0 Å². The van der Waals surface area contributed by atoms with Crippen molar-refractivity contribution < 1.29 is 17.9 Å². The van der Waals surface area contributed by atoms with Crippen molar-refractivity contribution in [3.05, 3.63) is 53.6 Å². The molecule has 2 aromatic carbocycles. The topological polar surface area (TPSA) is 75.7 Å². The molecular weight excluding hydrogens is 364 g/mol. The lowest BCUT2D eigenvalue weighted by molar-refractivity contribution is 0.102. The molecule has 1 aliphatic rings. The van der Waals surface area contributed by atoms with E-state index in [2.05, 4.69) is 26.1 Å². The summed E-state index contributed by atoms with van der Waals surface area (Å²) >= 11 is 0. The van der Waals surface area contributed by atoms with E-state index in [0.717, 1.165) is 5.56 Å². The highest BCUT2D eigenvalue weighted by molar-refractivity contribution is 7.92. The van der Waals surface area contributed by atoms with E-state index in [1.165, 1.54) is 10.6 Å². The number of carbonyl (C=O) groups excluding carboxylic acids is 1. The SMILES string of the molecule is CC(C)(C)c1ccc(C(=O)Nc2ccc3c(c2)OCCN3S(C)(=O)=O)cc1. The summed E-state index contributed by atoms with van der Waals surface area (Å²) in [6.07, 6.45) is 1.17. The molecule has 6 nitrogen and oxygen atoms in total. The molecule has 27 heavy (non-hydrogen) atoms. The Balaban J connectivity index is 1.79. The monoisotopic (exact) mass is 388 g/mol. The van der Waals surface area contributed by atoms with Gasteiger partial charge < -0.3 is 10.1 Å².